The molecule has 3 nitrogen and oxygen atoms in total. The van der Waals surface area contributed by atoms with Crippen LogP contribution in [0.25, 0.3) is 76.2 Å². The van der Waals surface area contributed by atoms with Crippen molar-refractivity contribution >= 4 is 93.3 Å². The largest absolute Gasteiger partial charge is 0.310 e. The van der Waals surface area contributed by atoms with E-state index >= 15 is 0 Å². The molecule has 0 spiro atoms. The summed E-state index contributed by atoms with van der Waals surface area (Å²) in [5.74, 6) is 2.07. The van der Waals surface area contributed by atoms with Crippen LogP contribution >= 0.6 is 0 Å². The van der Waals surface area contributed by atoms with Gasteiger partial charge in [0.15, 0.2) is 0 Å². The van der Waals surface area contributed by atoms with E-state index in [-0.39, 0.29) is 5.92 Å². The molecule has 0 amide bonds. The number of benzene rings is 9. The predicted molar refractivity (Wildman–Crippen MR) is 305 cm³/mol. The molecule has 13 rings (SSSR count). The van der Waals surface area contributed by atoms with Crippen LogP contribution in [0.5, 0.6) is 0 Å². The highest BCUT2D eigenvalue weighted by atomic mass is 15.1. The maximum absolute atomic E-state index is 2.59. The summed E-state index contributed by atoms with van der Waals surface area (Å²) in [4.78, 5) is 2.48. The second-order valence-corrected chi connectivity index (χ2v) is 21.7. The van der Waals surface area contributed by atoms with Crippen LogP contribution in [0.3, 0.4) is 0 Å². The van der Waals surface area contributed by atoms with E-state index < -0.39 is 0 Å². The molecule has 1 unspecified atom stereocenters. The molecular weight excluding hydrogens is 859 g/mol. The number of aromatic nitrogens is 2. The van der Waals surface area contributed by atoms with Gasteiger partial charge in [-0.1, -0.05) is 183 Å². The molecule has 348 valence electrons. The van der Waals surface area contributed by atoms with Crippen LogP contribution in [0.4, 0.5) is 17.1 Å². The van der Waals surface area contributed by atoms with Crippen LogP contribution in [0, 0.1) is 0 Å². The van der Waals surface area contributed by atoms with Crippen molar-refractivity contribution in [3.8, 4) is 0 Å². The average Bonchev–Trinajstić information content (AvgIpc) is 4.12. The van der Waals surface area contributed by atoms with Crippen LogP contribution in [0.1, 0.15) is 124 Å². The fourth-order valence-electron chi connectivity index (χ4n) is 12.2. The Kier molecular flexibility index (Phi) is 10.1. The Morgan fingerprint density at radius 2 is 0.761 bits per heavy atom. The summed E-state index contributed by atoms with van der Waals surface area (Å²) in [6, 6.07) is 70.3. The van der Waals surface area contributed by atoms with Gasteiger partial charge in [0.25, 0.3) is 0 Å². The molecule has 0 saturated carbocycles. The molecular formula is C68H61N3. The predicted octanol–water partition coefficient (Wildman–Crippen LogP) is 19.3. The normalized spacial score (nSPS) is 13.0. The number of hydrogen-bond donors (Lipinski definition) is 0. The molecule has 4 aromatic heterocycles. The van der Waals surface area contributed by atoms with Crippen molar-refractivity contribution in [2.75, 3.05) is 4.90 Å². The number of rotatable bonds is 11. The summed E-state index contributed by atoms with van der Waals surface area (Å²) in [5, 5.41) is 10.4. The SMILES string of the molecule is CC(C)c1ccc(CC(c2ccc(C(C)C)cc2)c2ccc3c4cc5c(cc4n4c6ccccc6c2c34)c2ccc(N(c3ccc(C(C)C)cc3)c3ccc(C(C)C)cc3)c3c4ccccc4n5c23)cc1. The standard InChI is InChI=1S/C68H61N3/c1-40(2)45-19-17-44(18-20-45)37-57(49-23-21-46(22-24-49)41(3)4)52-33-34-53-58-38-64-59(39-63(58)70-60-15-11-9-13-55(60)65(52)67(53)70)54-35-36-62(66-56-14-10-12-16-61(56)71(64)68(54)66)69(50-29-25-47(26-30-50)42(5)6)51-31-27-48(28-32-51)43(7)8/h9-36,38-43,57H,37H2,1-8H3. The van der Waals surface area contributed by atoms with Gasteiger partial charge in [-0.15, -0.1) is 0 Å². The van der Waals surface area contributed by atoms with E-state index in [4.69, 9.17) is 0 Å². The lowest BCUT2D eigenvalue weighted by molar-refractivity contribution is 0.804. The fourth-order valence-corrected chi connectivity index (χ4v) is 12.2. The van der Waals surface area contributed by atoms with E-state index in [2.05, 4.69) is 251 Å². The van der Waals surface area contributed by atoms with Crippen LogP contribution in [0.15, 0.2) is 182 Å². The third-order valence-corrected chi connectivity index (χ3v) is 16.2. The fraction of sp³-hybridized carbons (Fsp3) is 0.206. The van der Waals surface area contributed by atoms with E-state index in [0.29, 0.717) is 23.7 Å². The zero-order chi connectivity index (χ0) is 48.4. The van der Waals surface area contributed by atoms with E-state index in [1.165, 1.54) is 121 Å². The second kappa shape index (κ2) is 16.5. The average molecular weight is 920 g/mol. The van der Waals surface area contributed by atoms with E-state index in [9.17, 15) is 0 Å². The summed E-state index contributed by atoms with van der Waals surface area (Å²) in [6.07, 6.45) is 0.925. The van der Waals surface area contributed by atoms with Gasteiger partial charge >= 0.3 is 0 Å². The van der Waals surface area contributed by atoms with Gasteiger partial charge in [-0.05, 0) is 124 Å². The van der Waals surface area contributed by atoms with Crippen LogP contribution in [-0.4, -0.2) is 8.80 Å². The van der Waals surface area contributed by atoms with Crippen molar-refractivity contribution in [1.82, 2.24) is 8.80 Å². The molecule has 71 heavy (non-hydrogen) atoms. The van der Waals surface area contributed by atoms with Gasteiger partial charge in [0.1, 0.15) is 0 Å². The van der Waals surface area contributed by atoms with E-state index in [1.807, 2.05) is 0 Å². The summed E-state index contributed by atoms with van der Waals surface area (Å²) < 4.78 is 5.16. The Balaban J connectivity index is 1.05. The van der Waals surface area contributed by atoms with Gasteiger partial charge in [-0.25, -0.2) is 0 Å². The third kappa shape index (κ3) is 6.69. The first-order chi connectivity index (χ1) is 34.5. The van der Waals surface area contributed by atoms with Gasteiger partial charge in [-0.2, -0.15) is 0 Å². The highest BCUT2D eigenvalue weighted by Gasteiger charge is 2.28. The van der Waals surface area contributed by atoms with Crippen LogP contribution < -0.4 is 4.90 Å². The van der Waals surface area contributed by atoms with E-state index in [1.54, 1.807) is 0 Å². The summed E-state index contributed by atoms with van der Waals surface area (Å²) >= 11 is 0. The van der Waals surface area contributed by atoms with Crippen molar-refractivity contribution in [3.05, 3.63) is 221 Å². The summed E-state index contributed by atoms with van der Waals surface area (Å²) in [5.41, 5.74) is 20.7. The Morgan fingerprint density at radius 1 is 0.352 bits per heavy atom. The topological polar surface area (TPSA) is 12.1 Å². The van der Waals surface area contributed by atoms with Crippen molar-refractivity contribution in [3.63, 3.8) is 0 Å². The first-order valence-electron chi connectivity index (χ1n) is 26.0. The molecule has 13 aromatic rings. The second-order valence-electron chi connectivity index (χ2n) is 21.7. The maximum Gasteiger partial charge on any atom is 0.0641 e. The highest BCUT2D eigenvalue weighted by Crippen LogP contribution is 2.50. The molecule has 0 bridgehead atoms. The Labute approximate surface area is 417 Å². The van der Waals surface area contributed by atoms with Gasteiger partial charge in [0, 0.05) is 60.4 Å². The lowest BCUT2D eigenvalue weighted by atomic mass is 9.82. The quantitative estimate of drug-likeness (QED) is 0.126. The molecule has 0 N–H and O–H groups in total. The van der Waals surface area contributed by atoms with Crippen molar-refractivity contribution in [2.45, 2.75) is 91.4 Å². The highest BCUT2D eigenvalue weighted by molar-refractivity contribution is 6.31. The zero-order valence-corrected chi connectivity index (χ0v) is 42.3. The van der Waals surface area contributed by atoms with E-state index in [0.717, 1.165) is 17.8 Å². The molecule has 0 aliphatic carbocycles. The maximum atomic E-state index is 2.59. The molecule has 0 fully saturated rings. The van der Waals surface area contributed by atoms with Crippen molar-refractivity contribution < 1.29 is 0 Å². The number of fused-ring (bicyclic) bond motifs is 12. The van der Waals surface area contributed by atoms with Gasteiger partial charge in [-0.3, -0.25) is 0 Å². The van der Waals surface area contributed by atoms with Crippen molar-refractivity contribution in [1.29, 1.82) is 0 Å². The molecule has 0 radical (unpaired) electrons. The zero-order valence-electron chi connectivity index (χ0n) is 42.3. The minimum atomic E-state index is 0.171. The monoisotopic (exact) mass is 919 g/mol. The van der Waals surface area contributed by atoms with Crippen molar-refractivity contribution in [2.24, 2.45) is 0 Å². The van der Waals surface area contributed by atoms with Gasteiger partial charge in [0.2, 0.25) is 0 Å². The molecule has 4 heterocycles. The Hall–Kier alpha value is -7.62. The smallest absolute Gasteiger partial charge is 0.0641 e. The first kappa shape index (κ1) is 43.4. The van der Waals surface area contributed by atoms with Gasteiger partial charge < -0.3 is 13.7 Å². The number of hydrogen-bond acceptors (Lipinski definition) is 1. The summed E-state index contributed by atoms with van der Waals surface area (Å²) in [7, 11) is 0. The molecule has 9 aromatic carbocycles. The molecule has 3 heteroatoms. The third-order valence-electron chi connectivity index (χ3n) is 16.2. The number of nitrogens with zero attached hydrogens (tertiary/aromatic N) is 3. The molecule has 0 saturated heterocycles. The lowest BCUT2D eigenvalue weighted by Crippen LogP contribution is -2.10. The Bertz CT molecular complexity index is 4050. The first-order valence-corrected chi connectivity index (χ1v) is 26.0. The molecule has 0 aliphatic rings. The molecule has 1 atom stereocenters. The van der Waals surface area contributed by atoms with Crippen LogP contribution in [0.2, 0.25) is 0 Å². The number of anilines is 3. The Morgan fingerprint density at radius 3 is 1.25 bits per heavy atom. The summed E-state index contributed by atoms with van der Waals surface area (Å²) in [6.45, 7) is 18.2. The van der Waals surface area contributed by atoms with Gasteiger partial charge in [0.05, 0.1) is 38.8 Å². The lowest BCUT2D eigenvalue weighted by Gasteiger charge is -2.27. The minimum absolute atomic E-state index is 0.171. The van der Waals surface area contributed by atoms with Crippen LogP contribution in [-0.2, 0) is 6.42 Å². The number of para-hydroxylation sites is 2. The molecule has 0 aliphatic heterocycles. The minimum Gasteiger partial charge on any atom is -0.310 e.